The van der Waals surface area contributed by atoms with Crippen LogP contribution in [0.1, 0.15) is 30.5 Å². The van der Waals surface area contributed by atoms with Crippen molar-refractivity contribution in [1.29, 1.82) is 0 Å². The predicted octanol–water partition coefficient (Wildman–Crippen LogP) is 3.00. The van der Waals surface area contributed by atoms with Crippen LogP contribution < -0.4 is 15.4 Å². The topological polar surface area (TPSA) is 67.4 Å². The number of ether oxygens (including phenoxy) is 1. The second kappa shape index (κ2) is 9.21. The highest BCUT2D eigenvalue weighted by Gasteiger charge is 2.35. The van der Waals surface area contributed by atoms with Crippen LogP contribution in [0.4, 0.5) is 0 Å². The third kappa shape index (κ3) is 5.84. The highest BCUT2D eigenvalue weighted by atomic mass is 16.5. The first kappa shape index (κ1) is 20.5. The molecule has 0 spiro atoms. The zero-order valence-corrected chi connectivity index (χ0v) is 16.5. The third-order valence-electron chi connectivity index (χ3n) is 4.53. The van der Waals surface area contributed by atoms with Crippen molar-refractivity contribution in [1.82, 2.24) is 10.6 Å². The first-order valence-corrected chi connectivity index (χ1v) is 9.08. The molecule has 5 heteroatoms. The molecule has 27 heavy (non-hydrogen) atoms. The van der Waals surface area contributed by atoms with Crippen molar-refractivity contribution in [2.45, 2.75) is 33.7 Å². The molecule has 2 aromatic carbocycles. The van der Waals surface area contributed by atoms with Crippen LogP contribution in [0.3, 0.4) is 0 Å². The van der Waals surface area contributed by atoms with E-state index in [2.05, 4.69) is 10.6 Å². The maximum Gasteiger partial charge on any atom is 0.235 e. The van der Waals surface area contributed by atoms with Gasteiger partial charge in [0.1, 0.15) is 11.2 Å². The fraction of sp³-hybridized carbons (Fsp3) is 0.364. The summed E-state index contributed by atoms with van der Waals surface area (Å²) in [7, 11) is 1.63. The van der Waals surface area contributed by atoms with Crippen molar-refractivity contribution in [3.8, 4) is 5.75 Å². The number of hydrogen-bond acceptors (Lipinski definition) is 3. The molecule has 0 unspecified atom stereocenters. The first-order valence-electron chi connectivity index (χ1n) is 9.08. The van der Waals surface area contributed by atoms with E-state index in [4.69, 9.17) is 4.74 Å². The standard InChI is InChI=1S/C22H28N2O3/c1-16-6-5-7-18(14-16)15-24-21(26)22(2,3)20(25)23-13-12-17-8-10-19(27-4)11-9-17/h5-11,14H,12-13,15H2,1-4H3,(H,23,25)(H,24,26). The van der Waals surface area contributed by atoms with Crippen LogP contribution in [0.25, 0.3) is 0 Å². The van der Waals surface area contributed by atoms with Gasteiger partial charge in [-0.25, -0.2) is 0 Å². The minimum absolute atomic E-state index is 0.280. The molecule has 0 aromatic heterocycles. The van der Waals surface area contributed by atoms with Crippen LogP contribution in [0.2, 0.25) is 0 Å². The molecule has 0 aliphatic heterocycles. The molecule has 2 rings (SSSR count). The van der Waals surface area contributed by atoms with Gasteiger partial charge in [0, 0.05) is 13.1 Å². The smallest absolute Gasteiger partial charge is 0.235 e. The number of nitrogens with one attached hydrogen (secondary N) is 2. The lowest BCUT2D eigenvalue weighted by Crippen LogP contribution is -2.48. The largest absolute Gasteiger partial charge is 0.497 e. The van der Waals surface area contributed by atoms with Gasteiger partial charge in [0.15, 0.2) is 0 Å². The van der Waals surface area contributed by atoms with Gasteiger partial charge in [-0.05, 0) is 50.5 Å². The summed E-state index contributed by atoms with van der Waals surface area (Å²) in [5, 5.41) is 5.71. The highest BCUT2D eigenvalue weighted by molar-refractivity contribution is 6.04. The number of carbonyl (C=O) groups is 2. The summed E-state index contributed by atoms with van der Waals surface area (Å²) in [5.41, 5.74) is 2.11. The molecule has 2 N–H and O–H groups in total. The van der Waals surface area contributed by atoms with Crippen LogP contribution in [0.5, 0.6) is 5.75 Å². The molecule has 0 heterocycles. The van der Waals surface area contributed by atoms with E-state index < -0.39 is 5.41 Å². The predicted molar refractivity (Wildman–Crippen MR) is 107 cm³/mol. The summed E-state index contributed by atoms with van der Waals surface area (Å²) in [6, 6.07) is 15.6. The average Bonchev–Trinajstić information content (AvgIpc) is 2.66. The van der Waals surface area contributed by atoms with E-state index in [1.54, 1.807) is 21.0 Å². The maximum atomic E-state index is 12.5. The lowest BCUT2D eigenvalue weighted by atomic mass is 9.91. The number of amides is 2. The van der Waals surface area contributed by atoms with Gasteiger partial charge in [-0.2, -0.15) is 0 Å². The quantitative estimate of drug-likeness (QED) is 0.704. The van der Waals surface area contributed by atoms with Crippen LogP contribution in [-0.2, 0) is 22.6 Å². The Labute approximate surface area is 161 Å². The molecule has 0 aliphatic rings. The normalized spacial score (nSPS) is 11.0. The summed E-state index contributed by atoms with van der Waals surface area (Å²) in [4.78, 5) is 25.0. The van der Waals surface area contributed by atoms with E-state index in [0.717, 1.165) is 22.4 Å². The number of methoxy groups -OCH3 is 1. The number of carbonyl (C=O) groups excluding carboxylic acids is 2. The van der Waals surface area contributed by atoms with E-state index >= 15 is 0 Å². The number of aryl methyl sites for hydroxylation is 1. The van der Waals surface area contributed by atoms with Crippen molar-refractivity contribution in [2.24, 2.45) is 5.41 Å². The Bertz CT molecular complexity index is 782. The second-order valence-electron chi connectivity index (χ2n) is 7.15. The molecule has 144 valence electrons. The second-order valence-corrected chi connectivity index (χ2v) is 7.15. The molecule has 0 saturated carbocycles. The van der Waals surface area contributed by atoms with Crippen LogP contribution in [0, 0.1) is 12.3 Å². The van der Waals surface area contributed by atoms with Gasteiger partial charge in [-0.1, -0.05) is 42.0 Å². The molecule has 2 aromatic rings. The molecule has 0 bridgehead atoms. The Kier molecular flexibility index (Phi) is 6.99. The van der Waals surface area contributed by atoms with Gasteiger partial charge in [0.05, 0.1) is 7.11 Å². The maximum absolute atomic E-state index is 12.5. The fourth-order valence-corrected chi connectivity index (χ4v) is 2.66. The molecular formula is C22H28N2O3. The molecule has 0 atom stereocenters. The van der Waals surface area contributed by atoms with Crippen molar-refractivity contribution < 1.29 is 14.3 Å². The summed E-state index contributed by atoms with van der Waals surface area (Å²) < 4.78 is 5.13. The minimum Gasteiger partial charge on any atom is -0.497 e. The first-order chi connectivity index (χ1) is 12.8. The van der Waals surface area contributed by atoms with Crippen molar-refractivity contribution >= 4 is 11.8 Å². The van der Waals surface area contributed by atoms with Gasteiger partial charge in [-0.3, -0.25) is 9.59 Å². The summed E-state index contributed by atoms with van der Waals surface area (Å²) in [6.45, 7) is 6.16. The average molecular weight is 368 g/mol. The number of hydrogen-bond donors (Lipinski definition) is 2. The highest BCUT2D eigenvalue weighted by Crippen LogP contribution is 2.16. The Balaban J connectivity index is 1.82. The van der Waals surface area contributed by atoms with Crippen molar-refractivity contribution in [2.75, 3.05) is 13.7 Å². The van der Waals surface area contributed by atoms with Crippen molar-refractivity contribution in [3.05, 3.63) is 65.2 Å². The van der Waals surface area contributed by atoms with Gasteiger partial charge < -0.3 is 15.4 Å². The number of rotatable bonds is 8. The summed E-state index contributed by atoms with van der Waals surface area (Å²) >= 11 is 0. The fourth-order valence-electron chi connectivity index (χ4n) is 2.66. The molecule has 0 saturated heterocycles. The Hall–Kier alpha value is -2.82. The van der Waals surface area contributed by atoms with E-state index in [1.807, 2.05) is 55.5 Å². The SMILES string of the molecule is COc1ccc(CCNC(=O)C(C)(C)C(=O)NCc2cccc(C)c2)cc1. The van der Waals surface area contributed by atoms with Crippen LogP contribution in [-0.4, -0.2) is 25.5 Å². The molecule has 5 nitrogen and oxygen atoms in total. The summed E-state index contributed by atoms with van der Waals surface area (Å²) in [6.07, 6.45) is 0.691. The molecule has 0 radical (unpaired) electrons. The van der Waals surface area contributed by atoms with Gasteiger partial charge >= 0.3 is 0 Å². The molecule has 2 amide bonds. The van der Waals surface area contributed by atoms with E-state index in [9.17, 15) is 9.59 Å². The lowest BCUT2D eigenvalue weighted by molar-refractivity contribution is -0.141. The monoisotopic (exact) mass is 368 g/mol. The Morgan fingerprint density at radius 3 is 2.26 bits per heavy atom. The zero-order valence-electron chi connectivity index (χ0n) is 16.5. The Morgan fingerprint density at radius 1 is 0.963 bits per heavy atom. The summed E-state index contributed by atoms with van der Waals surface area (Å²) in [5.74, 6) is 0.234. The van der Waals surface area contributed by atoms with Gasteiger partial charge in [0.25, 0.3) is 0 Å². The van der Waals surface area contributed by atoms with Crippen LogP contribution >= 0.6 is 0 Å². The van der Waals surface area contributed by atoms with Crippen LogP contribution in [0.15, 0.2) is 48.5 Å². The lowest BCUT2D eigenvalue weighted by Gasteiger charge is -2.23. The molecular weight excluding hydrogens is 340 g/mol. The van der Waals surface area contributed by atoms with E-state index in [-0.39, 0.29) is 11.8 Å². The van der Waals surface area contributed by atoms with Gasteiger partial charge in [0.2, 0.25) is 11.8 Å². The van der Waals surface area contributed by atoms with Crippen molar-refractivity contribution in [3.63, 3.8) is 0 Å². The minimum atomic E-state index is -1.14. The molecule has 0 fully saturated rings. The van der Waals surface area contributed by atoms with E-state index in [0.29, 0.717) is 19.5 Å². The number of benzene rings is 2. The third-order valence-corrected chi connectivity index (χ3v) is 4.53. The van der Waals surface area contributed by atoms with Gasteiger partial charge in [-0.15, -0.1) is 0 Å². The zero-order chi connectivity index (χ0) is 19.9. The Morgan fingerprint density at radius 2 is 1.63 bits per heavy atom. The van der Waals surface area contributed by atoms with E-state index in [1.165, 1.54) is 0 Å². The molecule has 0 aliphatic carbocycles.